The highest BCUT2D eigenvalue weighted by molar-refractivity contribution is 4.84. The van der Waals surface area contributed by atoms with Gasteiger partial charge in [0.15, 0.2) is 0 Å². The Morgan fingerprint density at radius 3 is 2.78 bits per heavy atom. The van der Waals surface area contributed by atoms with Gasteiger partial charge >= 0.3 is 0 Å². The molecule has 3 aliphatic rings. The summed E-state index contributed by atoms with van der Waals surface area (Å²) in [5.41, 5.74) is 0. The summed E-state index contributed by atoms with van der Waals surface area (Å²) in [4.78, 5) is 2.67. The molecule has 0 aromatic heterocycles. The van der Waals surface area contributed by atoms with Crippen LogP contribution in [-0.4, -0.2) is 43.5 Å². The van der Waals surface area contributed by atoms with Gasteiger partial charge in [-0.05, 0) is 57.0 Å². The Morgan fingerprint density at radius 1 is 1.06 bits per heavy atom. The number of hydrogen-bond acceptors (Lipinski definition) is 3. The van der Waals surface area contributed by atoms with E-state index in [0.29, 0.717) is 19.0 Å². The Bertz CT molecular complexity index is 271. The molecule has 3 rings (SSSR count). The van der Waals surface area contributed by atoms with Crippen molar-refractivity contribution in [3.63, 3.8) is 0 Å². The molecule has 0 N–H and O–H groups in total. The minimum Gasteiger partial charge on any atom is -0.349 e. The van der Waals surface area contributed by atoms with Crippen molar-refractivity contribution in [3.8, 4) is 0 Å². The first-order chi connectivity index (χ1) is 8.85. The van der Waals surface area contributed by atoms with Crippen LogP contribution in [0.4, 0.5) is 0 Å². The summed E-state index contributed by atoms with van der Waals surface area (Å²) < 4.78 is 11.2. The van der Waals surface area contributed by atoms with E-state index >= 15 is 0 Å². The lowest BCUT2D eigenvalue weighted by Crippen LogP contribution is -2.33. The van der Waals surface area contributed by atoms with Crippen molar-refractivity contribution in [1.29, 1.82) is 0 Å². The quantitative estimate of drug-likeness (QED) is 0.769. The third-order valence-corrected chi connectivity index (χ3v) is 5.20. The smallest absolute Gasteiger partial charge is 0.147 e. The molecule has 4 unspecified atom stereocenters. The second-order valence-corrected chi connectivity index (χ2v) is 6.36. The monoisotopic (exact) mass is 253 g/mol. The molecule has 18 heavy (non-hydrogen) atoms. The van der Waals surface area contributed by atoms with E-state index in [4.69, 9.17) is 9.47 Å². The number of nitrogens with zero attached hydrogens (tertiary/aromatic N) is 1. The first kappa shape index (κ1) is 12.9. The molecule has 2 saturated heterocycles. The highest BCUT2D eigenvalue weighted by atomic mass is 16.7. The van der Waals surface area contributed by atoms with E-state index in [9.17, 15) is 0 Å². The highest BCUT2D eigenvalue weighted by Crippen LogP contribution is 2.34. The average Bonchev–Trinajstić information content (AvgIpc) is 3.04. The lowest BCUT2D eigenvalue weighted by atomic mass is 9.83. The summed E-state index contributed by atoms with van der Waals surface area (Å²) in [6.45, 7) is 6.84. The van der Waals surface area contributed by atoms with Crippen molar-refractivity contribution in [2.24, 2.45) is 11.8 Å². The van der Waals surface area contributed by atoms with Gasteiger partial charge in [-0.15, -0.1) is 0 Å². The predicted octanol–water partition coefficient (Wildman–Crippen LogP) is 2.65. The number of rotatable bonds is 4. The van der Waals surface area contributed by atoms with E-state index in [2.05, 4.69) is 11.8 Å². The zero-order valence-corrected chi connectivity index (χ0v) is 11.6. The Hall–Kier alpha value is -0.120. The van der Waals surface area contributed by atoms with E-state index in [1.54, 1.807) is 0 Å². The van der Waals surface area contributed by atoms with Gasteiger partial charge in [0.05, 0.1) is 12.2 Å². The molecule has 0 spiro atoms. The molecule has 3 nitrogen and oxygen atoms in total. The van der Waals surface area contributed by atoms with Crippen LogP contribution in [0, 0.1) is 11.8 Å². The molecule has 1 aliphatic carbocycles. The highest BCUT2D eigenvalue weighted by Gasteiger charge is 2.35. The third kappa shape index (κ3) is 2.89. The van der Waals surface area contributed by atoms with Crippen LogP contribution < -0.4 is 0 Å². The SMILES string of the molecule is CCC1CCN(CCC2CCC3OCOC3C2)C1. The molecular formula is C15H27NO2. The normalized spacial score (nSPS) is 41.2. The lowest BCUT2D eigenvalue weighted by Gasteiger charge is -2.30. The lowest BCUT2D eigenvalue weighted by molar-refractivity contribution is 0.0386. The van der Waals surface area contributed by atoms with Gasteiger partial charge in [0, 0.05) is 6.54 Å². The summed E-state index contributed by atoms with van der Waals surface area (Å²) in [6.07, 6.45) is 8.75. The van der Waals surface area contributed by atoms with Gasteiger partial charge in [0.1, 0.15) is 6.79 Å². The van der Waals surface area contributed by atoms with Gasteiger partial charge in [-0.1, -0.05) is 13.3 Å². The molecule has 0 aromatic carbocycles. The van der Waals surface area contributed by atoms with Gasteiger partial charge in [-0.2, -0.15) is 0 Å². The van der Waals surface area contributed by atoms with E-state index < -0.39 is 0 Å². The molecule has 2 aliphatic heterocycles. The van der Waals surface area contributed by atoms with Crippen LogP contribution >= 0.6 is 0 Å². The zero-order chi connectivity index (χ0) is 12.4. The summed E-state index contributed by atoms with van der Waals surface area (Å²) in [6, 6.07) is 0. The van der Waals surface area contributed by atoms with Crippen LogP contribution in [0.1, 0.15) is 45.4 Å². The van der Waals surface area contributed by atoms with Gasteiger partial charge in [0.2, 0.25) is 0 Å². The molecule has 3 fully saturated rings. The van der Waals surface area contributed by atoms with Crippen molar-refractivity contribution < 1.29 is 9.47 Å². The van der Waals surface area contributed by atoms with E-state index in [1.165, 1.54) is 58.2 Å². The fourth-order valence-corrected chi connectivity index (χ4v) is 3.84. The summed E-state index contributed by atoms with van der Waals surface area (Å²) in [5.74, 6) is 1.83. The molecule has 3 heteroatoms. The predicted molar refractivity (Wildman–Crippen MR) is 71.4 cm³/mol. The van der Waals surface area contributed by atoms with Crippen LogP contribution in [0.3, 0.4) is 0 Å². The molecule has 0 amide bonds. The fourth-order valence-electron chi connectivity index (χ4n) is 3.84. The molecular weight excluding hydrogens is 226 g/mol. The molecule has 0 bridgehead atoms. The third-order valence-electron chi connectivity index (χ3n) is 5.20. The summed E-state index contributed by atoms with van der Waals surface area (Å²) in [7, 11) is 0. The second-order valence-electron chi connectivity index (χ2n) is 6.36. The van der Waals surface area contributed by atoms with Crippen molar-refractivity contribution in [3.05, 3.63) is 0 Å². The molecule has 2 heterocycles. The molecule has 0 radical (unpaired) electrons. The minimum atomic E-state index is 0.408. The van der Waals surface area contributed by atoms with Crippen LogP contribution in [-0.2, 0) is 9.47 Å². The van der Waals surface area contributed by atoms with Crippen LogP contribution in [0.25, 0.3) is 0 Å². The molecule has 104 valence electrons. The van der Waals surface area contributed by atoms with Crippen LogP contribution in [0.2, 0.25) is 0 Å². The Kier molecular flexibility index (Phi) is 4.22. The van der Waals surface area contributed by atoms with Crippen molar-refractivity contribution in [2.75, 3.05) is 26.4 Å². The van der Waals surface area contributed by atoms with Crippen LogP contribution in [0.5, 0.6) is 0 Å². The van der Waals surface area contributed by atoms with Crippen molar-refractivity contribution >= 4 is 0 Å². The number of likely N-dealkylation sites (tertiary alicyclic amines) is 1. The topological polar surface area (TPSA) is 21.7 Å². The number of fused-ring (bicyclic) bond motifs is 1. The Morgan fingerprint density at radius 2 is 1.94 bits per heavy atom. The number of hydrogen-bond donors (Lipinski definition) is 0. The molecule has 1 saturated carbocycles. The van der Waals surface area contributed by atoms with E-state index in [0.717, 1.165) is 11.8 Å². The van der Waals surface area contributed by atoms with Gasteiger partial charge < -0.3 is 14.4 Å². The zero-order valence-electron chi connectivity index (χ0n) is 11.6. The second kappa shape index (κ2) is 5.89. The van der Waals surface area contributed by atoms with Crippen molar-refractivity contribution in [1.82, 2.24) is 4.90 Å². The standard InChI is InChI=1S/C15H27NO2/c1-2-12-5-7-16(10-12)8-6-13-3-4-14-15(9-13)18-11-17-14/h12-15H,2-11H2,1H3. The minimum absolute atomic E-state index is 0.408. The van der Waals surface area contributed by atoms with Gasteiger partial charge in [0.25, 0.3) is 0 Å². The maximum Gasteiger partial charge on any atom is 0.147 e. The van der Waals surface area contributed by atoms with Gasteiger partial charge in [-0.25, -0.2) is 0 Å². The van der Waals surface area contributed by atoms with Gasteiger partial charge in [-0.3, -0.25) is 0 Å². The van der Waals surface area contributed by atoms with Crippen molar-refractivity contribution in [2.45, 2.75) is 57.7 Å². The first-order valence-corrected chi connectivity index (χ1v) is 7.80. The van der Waals surface area contributed by atoms with Crippen LogP contribution in [0.15, 0.2) is 0 Å². The average molecular weight is 253 g/mol. The van der Waals surface area contributed by atoms with E-state index in [1.807, 2.05) is 0 Å². The number of ether oxygens (including phenoxy) is 2. The van der Waals surface area contributed by atoms with E-state index in [-0.39, 0.29) is 0 Å². The largest absolute Gasteiger partial charge is 0.349 e. The first-order valence-electron chi connectivity index (χ1n) is 7.80. The maximum atomic E-state index is 5.66. The Labute approximate surface area is 111 Å². The summed E-state index contributed by atoms with van der Waals surface area (Å²) >= 11 is 0. The fraction of sp³-hybridized carbons (Fsp3) is 1.00. The summed E-state index contributed by atoms with van der Waals surface area (Å²) in [5, 5.41) is 0. The maximum absolute atomic E-state index is 5.66. The molecule has 0 aromatic rings. The molecule has 4 atom stereocenters. The Balaban J connectivity index is 1.38.